The van der Waals surface area contributed by atoms with Gasteiger partial charge in [-0.25, -0.2) is 0 Å². The summed E-state index contributed by atoms with van der Waals surface area (Å²) in [4.78, 5) is 4.33. The third-order valence-corrected chi connectivity index (χ3v) is 4.70. The van der Waals surface area contributed by atoms with Crippen molar-refractivity contribution < 1.29 is 4.74 Å². The molecular weight excluding hydrogens is 362 g/mol. The molecule has 2 N–H and O–H groups in total. The Hall–Kier alpha value is -3.28. The Morgan fingerprint density at radius 3 is 2.72 bits per heavy atom. The second-order valence-corrected chi connectivity index (χ2v) is 6.94. The van der Waals surface area contributed by atoms with Gasteiger partial charge in [-0.2, -0.15) is 5.10 Å². The highest BCUT2D eigenvalue weighted by molar-refractivity contribution is 5.79. The molecule has 1 heterocycles. The number of rotatable bonds is 8. The summed E-state index contributed by atoms with van der Waals surface area (Å²) in [7, 11) is 3.50. The van der Waals surface area contributed by atoms with Crippen LogP contribution in [0.25, 0.3) is 0 Å². The zero-order valence-corrected chi connectivity index (χ0v) is 17.4. The molecule has 0 bridgehead atoms. The van der Waals surface area contributed by atoms with Crippen molar-refractivity contribution in [2.45, 2.75) is 26.4 Å². The van der Waals surface area contributed by atoms with Crippen LogP contribution in [0.5, 0.6) is 5.75 Å². The average molecular weight is 392 g/mol. The Morgan fingerprint density at radius 1 is 1.10 bits per heavy atom. The third kappa shape index (κ3) is 6.10. The number of aliphatic imine (C=N–C) groups is 1. The van der Waals surface area contributed by atoms with Gasteiger partial charge >= 0.3 is 0 Å². The average Bonchev–Trinajstić information content (AvgIpc) is 3.24. The molecule has 0 amide bonds. The van der Waals surface area contributed by atoms with Crippen LogP contribution in [-0.4, -0.2) is 36.4 Å². The van der Waals surface area contributed by atoms with E-state index in [0.717, 1.165) is 31.2 Å². The number of methoxy groups -OCH3 is 1. The summed E-state index contributed by atoms with van der Waals surface area (Å²) in [6.45, 7) is 4.35. The molecule has 6 heteroatoms. The van der Waals surface area contributed by atoms with Crippen LogP contribution in [0.2, 0.25) is 0 Å². The minimum Gasteiger partial charge on any atom is -0.496 e. The van der Waals surface area contributed by atoms with Crippen LogP contribution in [0.15, 0.2) is 65.9 Å². The monoisotopic (exact) mass is 391 g/mol. The van der Waals surface area contributed by atoms with E-state index in [1.165, 1.54) is 22.3 Å². The van der Waals surface area contributed by atoms with Crippen LogP contribution >= 0.6 is 0 Å². The number of aromatic nitrogens is 2. The lowest BCUT2D eigenvalue weighted by Crippen LogP contribution is -2.37. The zero-order valence-electron chi connectivity index (χ0n) is 17.4. The lowest BCUT2D eigenvalue weighted by atomic mass is 10.1. The normalized spacial score (nSPS) is 11.3. The SMILES string of the molecule is CN=C(NCCc1cc(C)ccc1OC)NCc1cccc(Cn2cccn2)c1. The Kier molecular flexibility index (Phi) is 7.28. The molecule has 3 aromatic rings. The van der Waals surface area contributed by atoms with Crippen molar-refractivity contribution in [3.63, 3.8) is 0 Å². The maximum atomic E-state index is 5.46. The van der Waals surface area contributed by atoms with Crippen molar-refractivity contribution in [2.24, 2.45) is 4.99 Å². The molecule has 0 atom stereocenters. The predicted octanol–water partition coefficient (Wildman–Crippen LogP) is 3.16. The molecule has 0 aliphatic heterocycles. The molecule has 1 aromatic heterocycles. The van der Waals surface area contributed by atoms with Crippen molar-refractivity contribution in [2.75, 3.05) is 20.7 Å². The van der Waals surface area contributed by atoms with Crippen LogP contribution in [0.3, 0.4) is 0 Å². The second kappa shape index (κ2) is 10.3. The molecule has 0 radical (unpaired) electrons. The lowest BCUT2D eigenvalue weighted by Gasteiger charge is -2.14. The minimum atomic E-state index is 0.709. The Labute approximate surface area is 172 Å². The quantitative estimate of drug-likeness (QED) is 0.457. The maximum absolute atomic E-state index is 5.46. The van der Waals surface area contributed by atoms with Gasteiger partial charge in [-0.15, -0.1) is 0 Å². The summed E-state index contributed by atoms with van der Waals surface area (Å²) >= 11 is 0. The fourth-order valence-corrected chi connectivity index (χ4v) is 3.24. The Morgan fingerprint density at radius 2 is 1.97 bits per heavy atom. The highest BCUT2D eigenvalue weighted by Gasteiger charge is 2.05. The van der Waals surface area contributed by atoms with Gasteiger partial charge in [0.05, 0.1) is 13.7 Å². The van der Waals surface area contributed by atoms with Crippen molar-refractivity contribution in [3.8, 4) is 5.75 Å². The first kappa shape index (κ1) is 20.5. The fraction of sp³-hybridized carbons (Fsp3) is 0.304. The number of nitrogens with zero attached hydrogens (tertiary/aromatic N) is 3. The van der Waals surface area contributed by atoms with E-state index in [0.29, 0.717) is 6.54 Å². The van der Waals surface area contributed by atoms with E-state index in [-0.39, 0.29) is 0 Å². The fourth-order valence-electron chi connectivity index (χ4n) is 3.24. The van der Waals surface area contributed by atoms with Gasteiger partial charge in [0.2, 0.25) is 0 Å². The van der Waals surface area contributed by atoms with Gasteiger partial charge < -0.3 is 15.4 Å². The van der Waals surface area contributed by atoms with Crippen LogP contribution in [0.1, 0.15) is 22.3 Å². The van der Waals surface area contributed by atoms with E-state index >= 15 is 0 Å². The first-order valence-corrected chi connectivity index (χ1v) is 9.81. The summed E-state index contributed by atoms with van der Waals surface area (Å²) in [5, 5.41) is 11.0. The highest BCUT2D eigenvalue weighted by Crippen LogP contribution is 2.19. The molecule has 6 nitrogen and oxygen atoms in total. The maximum Gasteiger partial charge on any atom is 0.191 e. The lowest BCUT2D eigenvalue weighted by molar-refractivity contribution is 0.409. The molecule has 2 aromatic carbocycles. The number of hydrogen-bond donors (Lipinski definition) is 2. The van der Waals surface area contributed by atoms with E-state index in [1.54, 1.807) is 20.4 Å². The summed E-state index contributed by atoms with van der Waals surface area (Å²) in [6, 6.07) is 16.7. The van der Waals surface area contributed by atoms with Crippen LogP contribution in [0.4, 0.5) is 0 Å². The molecule has 0 aliphatic carbocycles. The molecule has 3 rings (SSSR count). The molecular formula is C23H29N5O. The van der Waals surface area contributed by atoms with Gasteiger partial charge in [-0.05, 0) is 42.2 Å². The van der Waals surface area contributed by atoms with E-state index in [9.17, 15) is 0 Å². The van der Waals surface area contributed by atoms with Crippen LogP contribution < -0.4 is 15.4 Å². The molecule has 0 fully saturated rings. The van der Waals surface area contributed by atoms with Crippen LogP contribution in [0, 0.1) is 6.92 Å². The van der Waals surface area contributed by atoms with Gasteiger partial charge in [-0.1, -0.05) is 42.0 Å². The standard InChI is InChI=1S/C23H29N5O/c1-18-8-9-22(29-3)21(14-18)10-12-25-23(24-2)26-16-19-6-4-7-20(15-19)17-28-13-5-11-27-28/h4-9,11,13-15H,10,12,16-17H2,1-3H3,(H2,24,25,26). The molecule has 0 saturated carbocycles. The topological polar surface area (TPSA) is 63.5 Å². The number of guanidine groups is 1. The molecule has 29 heavy (non-hydrogen) atoms. The minimum absolute atomic E-state index is 0.709. The van der Waals surface area contributed by atoms with E-state index < -0.39 is 0 Å². The van der Waals surface area contributed by atoms with Crippen molar-refractivity contribution in [1.82, 2.24) is 20.4 Å². The van der Waals surface area contributed by atoms with Crippen molar-refractivity contribution in [1.29, 1.82) is 0 Å². The predicted molar refractivity (Wildman–Crippen MR) is 117 cm³/mol. The van der Waals surface area contributed by atoms with Crippen molar-refractivity contribution >= 4 is 5.96 Å². The first-order chi connectivity index (χ1) is 14.2. The summed E-state index contributed by atoms with van der Waals surface area (Å²) < 4.78 is 7.38. The number of hydrogen-bond acceptors (Lipinski definition) is 3. The van der Waals surface area contributed by atoms with Gasteiger partial charge in [0.15, 0.2) is 5.96 Å². The number of benzene rings is 2. The largest absolute Gasteiger partial charge is 0.496 e. The number of aryl methyl sites for hydroxylation is 1. The van der Waals surface area contributed by atoms with E-state index in [4.69, 9.17) is 4.74 Å². The summed E-state index contributed by atoms with van der Waals surface area (Å²) in [5.74, 6) is 1.71. The Bertz CT molecular complexity index is 934. The molecule has 0 saturated heterocycles. The second-order valence-electron chi connectivity index (χ2n) is 6.94. The van der Waals surface area contributed by atoms with Crippen LogP contribution in [-0.2, 0) is 19.5 Å². The molecule has 152 valence electrons. The Balaban J connectivity index is 1.50. The molecule has 0 spiro atoms. The third-order valence-electron chi connectivity index (χ3n) is 4.70. The summed E-state index contributed by atoms with van der Waals surface area (Å²) in [5.41, 5.74) is 4.86. The first-order valence-electron chi connectivity index (χ1n) is 9.81. The highest BCUT2D eigenvalue weighted by atomic mass is 16.5. The smallest absolute Gasteiger partial charge is 0.191 e. The number of nitrogens with one attached hydrogen (secondary N) is 2. The van der Waals surface area contributed by atoms with Gasteiger partial charge in [0.25, 0.3) is 0 Å². The van der Waals surface area contributed by atoms with Gasteiger partial charge in [0, 0.05) is 32.5 Å². The summed E-state index contributed by atoms with van der Waals surface area (Å²) in [6.07, 6.45) is 4.64. The molecule has 0 aliphatic rings. The van der Waals surface area contributed by atoms with Gasteiger partial charge in [-0.3, -0.25) is 9.67 Å². The zero-order chi connectivity index (χ0) is 20.5. The number of ether oxygens (including phenoxy) is 1. The van der Waals surface area contributed by atoms with E-state index in [1.807, 2.05) is 23.0 Å². The molecule has 0 unspecified atom stereocenters. The van der Waals surface area contributed by atoms with Gasteiger partial charge in [0.1, 0.15) is 5.75 Å². The van der Waals surface area contributed by atoms with Crippen molar-refractivity contribution in [3.05, 3.63) is 83.2 Å². The van der Waals surface area contributed by atoms with E-state index in [2.05, 4.69) is 64.0 Å².